The van der Waals surface area contributed by atoms with Crippen LogP contribution in [0.1, 0.15) is 55.6 Å². The van der Waals surface area contributed by atoms with Crippen molar-refractivity contribution in [2.24, 2.45) is 0 Å². The highest BCUT2D eigenvalue weighted by atomic mass is 79.9. The van der Waals surface area contributed by atoms with Crippen molar-refractivity contribution in [3.8, 4) is 11.5 Å². The Morgan fingerprint density at radius 2 is 1.65 bits per heavy atom. The summed E-state index contributed by atoms with van der Waals surface area (Å²) in [6, 6.07) is 11.4. The van der Waals surface area contributed by atoms with Crippen LogP contribution in [-0.4, -0.2) is 18.7 Å². The third kappa shape index (κ3) is 4.18. The van der Waals surface area contributed by atoms with Crippen molar-refractivity contribution in [1.82, 2.24) is 5.32 Å². The average Bonchev–Trinajstić information content (AvgIpc) is 2.83. The van der Waals surface area contributed by atoms with E-state index in [-0.39, 0.29) is 18.2 Å². The molecule has 34 heavy (non-hydrogen) atoms. The molecule has 0 amide bonds. The Labute approximate surface area is 212 Å². The van der Waals surface area contributed by atoms with Crippen molar-refractivity contribution >= 4 is 39.1 Å². The van der Waals surface area contributed by atoms with Gasteiger partial charge in [-0.3, -0.25) is 9.59 Å². The fourth-order valence-electron chi connectivity index (χ4n) is 5.13. The van der Waals surface area contributed by atoms with Crippen molar-refractivity contribution in [1.29, 1.82) is 0 Å². The van der Waals surface area contributed by atoms with Crippen LogP contribution in [0, 0.1) is 0 Å². The summed E-state index contributed by atoms with van der Waals surface area (Å²) >= 11 is 9.93. The molecule has 1 aliphatic heterocycles. The van der Waals surface area contributed by atoms with E-state index in [2.05, 4.69) is 21.2 Å². The SMILES string of the molecule is COc1cc(C2C3=C(CCCC3=O)NC3=C2C(=O)CCC3)cc(Br)c1OCc1ccccc1Cl. The van der Waals surface area contributed by atoms with E-state index in [0.29, 0.717) is 33.8 Å². The minimum atomic E-state index is -0.394. The second-order valence-electron chi connectivity index (χ2n) is 8.81. The Kier molecular flexibility index (Phi) is 6.54. The van der Waals surface area contributed by atoms with Gasteiger partial charge in [0.2, 0.25) is 0 Å². The minimum absolute atomic E-state index is 0.109. The number of benzene rings is 2. The third-order valence-corrected chi connectivity index (χ3v) is 7.66. The average molecular weight is 543 g/mol. The first-order valence-corrected chi connectivity index (χ1v) is 12.7. The zero-order valence-corrected chi connectivity index (χ0v) is 21.2. The number of nitrogens with one attached hydrogen (secondary N) is 1. The number of rotatable bonds is 5. The molecule has 0 aromatic heterocycles. The van der Waals surface area contributed by atoms with E-state index >= 15 is 0 Å². The molecule has 0 unspecified atom stereocenters. The van der Waals surface area contributed by atoms with Gasteiger partial charge in [0.25, 0.3) is 0 Å². The number of carbonyl (C=O) groups is 2. The maximum Gasteiger partial charge on any atom is 0.175 e. The first kappa shape index (κ1) is 23.2. The number of hydrogen-bond donors (Lipinski definition) is 1. The Morgan fingerprint density at radius 3 is 2.26 bits per heavy atom. The van der Waals surface area contributed by atoms with Gasteiger partial charge in [-0.15, -0.1) is 0 Å². The van der Waals surface area contributed by atoms with Crippen LogP contribution in [0.5, 0.6) is 11.5 Å². The maximum atomic E-state index is 13.1. The van der Waals surface area contributed by atoms with Gasteiger partial charge >= 0.3 is 0 Å². The summed E-state index contributed by atoms with van der Waals surface area (Å²) in [5.41, 5.74) is 5.08. The van der Waals surface area contributed by atoms with Crippen LogP contribution in [-0.2, 0) is 16.2 Å². The van der Waals surface area contributed by atoms with Crippen LogP contribution in [0.15, 0.2) is 63.4 Å². The zero-order valence-electron chi connectivity index (χ0n) is 18.9. The van der Waals surface area contributed by atoms with E-state index in [1.54, 1.807) is 7.11 Å². The molecule has 0 fully saturated rings. The summed E-state index contributed by atoms with van der Waals surface area (Å²) in [5.74, 6) is 0.907. The maximum absolute atomic E-state index is 13.1. The fourth-order valence-corrected chi connectivity index (χ4v) is 5.89. The lowest BCUT2D eigenvalue weighted by molar-refractivity contribution is -0.116. The van der Waals surface area contributed by atoms with Crippen LogP contribution < -0.4 is 14.8 Å². The first-order chi connectivity index (χ1) is 16.5. The van der Waals surface area contributed by atoms with E-state index in [1.807, 2.05) is 36.4 Å². The van der Waals surface area contributed by atoms with Crippen molar-refractivity contribution in [2.75, 3.05) is 7.11 Å². The Bertz CT molecular complexity index is 1210. The van der Waals surface area contributed by atoms with Crippen molar-refractivity contribution in [3.63, 3.8) is 0 Å². The lowest BCUT2D eigenvalue weighted by Gasteiger charge is -2.37. The molecule has 0 bridgehead atoms. The molecule has 0 saturated carbocycles. The van der Waals surface area contributed by atoms with Gasteiger partial charge in [0.15, 0.2) is 23.1 Å². The first-order valence-electron chi connectivity index (χ1n) is 11.5. The number of Topliss-reactive ketones (excluding diaryl/α,β-unsaturated/α-hetero) is 2. The Hall–Kier alpha value is -2.57. The second kappa shape index (κ2) is 9.59. The van der Waals surface area contributed by atoms with Crippen molar-refractivity contribution < 1.29 is 19.1 Å². The molecule has 1 N–H and O–H groups in total. The van der Waals surface area contributed by atoms with E-state index < -0.39 is 5.92 Å². The summed E-state index contributed by atoms with van der Waals surface area (Å²) in [4.78, 5) is 26.2. The molecule has 5 nitrogen and oxygen atoms in total. The zero-order chi connectivity index (χ0) is 23.8. The van der Waals surface area contributed by atoms with Crippen LogP contribution in [0.4, 0.5) is 0 Å². The van der Waals surface area contributed by atoms with E-state index in [0.717, 1.165) is 59.4 Å². The van der Waals surface area contributed by atoms with E-state index in [4.69, 9.17) is 21.1 Å². The van der Waals surface area contributed by atoms with Gasteiger partial charge in [-0.2, -0.15) is 0 Å². The lowest BCUT2D eigenvalue weighted by atomic mass is 9.71. The smallest absolute Gasteiger partial charge is 0.175 e. The van der Waals surface area contributed by atoms with Crippen LogP contribution in [0.3, 0.4) is 0 Å². The molecule has 0 radical (unpaired) electrons. The highest BCUT2D eigenvalue weighted by molar-refractivity contribution is 9.10. The summed E-state index contributed by atoms with van der Waals surface area (Å²) < 4.78 is 12.5. The summed E-state index contributed by atoms with van der Waals surface area (Å²) in [6.07, 6.45) is 4.31. The number of ketones is 2. The van der Waals surface area contributed by atoms with Crippen molar-refractivity contribution in [2.45, 2.75) is 51.0 Å². The molecule has 7 heteroatoms. The number of halogens is 2. The molecule has 0 saturated heterocycles. The predicted molar refractivity (Wildman–Crippen MR) is 134 cm³/mol. The van der Waals surface area contributed by atoms with Crippen molar-refractivity contribution in [3.05, 3.63) is 79.6 Å². The molecule has 2 aliphatic carbocycles. The summed E-state index contributed by atoms with van der Waals surface area (Å²) in [5, 5.41) is 4.09. The van der Waals surface area contributed by atoms with Gasteiger partial charge in [0, 0.05) is 51.9 Å². The fraction of sp³-hybridized carbons (Fsp3) is 0.333. The van der Waals surface area contributed by atoms with Gasteiger partial charge < -0.3 is 14.8 Å². The predicted octanol–water partition coefficient (Wildman–Crippen LogP) is 6.39. The minimum Gasteiger partial charge on any atom is -0.493 e. The van der Waals surface area contributed by atoms with Crippen LogP contribution in [0.2, 0.25) is 5.02 Å². The number of carbonyl (C=O) groups excluding carboxylic acids is 2. The topological polar surface area (TPSA) is 64.6 Å². The molecule has 0 atom stereocenters. The van der Waals surface area contributed by atoms with Gasteiger partial charge in [-0.25, -0.2) is 0 Å². The number of allylic oxidation sites excluding steroid dienone is 4. The molecular formula is C27H25BrClNO4. The largest absolute Gasteiger partial charge is 0.493 e. The van der Waals surface area contributed by atoms with Gasteiger partial charge in [0.1, 0.15) is 6.61 Å². The normalized spacial score (nSPS) is 18.4. The molecule has 1 heterocycles. The number of hydrogen-bond acceptors (Lipinski definition) is 5. The quantitative estimate of drug-likeness (QED) is 0.474. The standard InChI is InChI=1S/C27H25BrClNO4/c1-33-23-13-16(12-17(28)27(23)34-14-15-6-2-3-7-18(15)29)24-25-19(8-4-10-21(25)31)30-20-9-5-11-22(32)26(20)24/h2-3,6-7,12-13,24,30H,4-5,8-11,14H2,1H3. The molecular weight excluding hydrogens is 518 g/mol. The Morgan fingerprint density at radius 1 is 1.00 bits per heavy atom. The van der Waals surface area contributed by atoms with Gasteiger partial charge in [-0.1, -0.05) is 29.8 Å². The lowest BCUT2D eigenvalue weighted by Crippen LogP contribution is -2.36. The van der Waals surface area contributed by atoms with E-state index in [9.17, 15) is 9.59 Å². The van der Waals surface area contributed by atoms with Crippen LogP contribution in [0.25, 0.3) is 0 Å². The molecule has 2 aromatic carbocycles. The summed E-state index contributed by atoms with van der Waals surface area (Å²) in [7, 11) is 1.59. The molecule has 3 aliphatic rings. The molecule has 176 valence electrons. The third-order valence-electron chi connectivity index (χ3n) is 6.71. The number of dihydropyridines is 1. The highest BCUT2D eigenvalue weighted by Gasteiger charge is 2.40. The van der Waals surface area contributed by atoms with Gasteiger partial charge in [-0.05, 0) is 65.4 Å². The highest BCUT2D eigenvalue weighted by Crippen LogP contribution is 2.48. The summed E-state index contributed by atoms with van der Waals surface area (Å²) in [6.45, 7) is 0.281. The molecule has 5 rings (SSSR count). The van der Waals surface area contributed by atoms with Crippen LogP contribution >= 0.6 is 27.5 Å². The second-order valence-corrected chi connectivity index (χ2v) is 10.1. The number of ether oxygens (including phenoxy) is 2. The Balaban J connectivity index is 1.57. The molecule has 2 aromatic rings. The number of methoxy groups -OCH3 is 1. The van der Waals surface area contributed by atoms with E-state index in [1.165, 1.54) is 0 Å². The molecule has 0 spiro atoms. The van der Waals surface area contributed by atoms with Gasteiger partial charge in [0.05, 0.1) is 11.6 Å². The monoisotopic (exact) mass is 541 g/mol.